The number of piperazine rings is 1. The lowest BCUT2D eigenvalue weighted by Crippen LogP contribution is -2.53. The lowest BCUT2D eigenvalue weighted by molar-refractivity contribution is -0.124. The molecule has 0 bridgehead atoms. The number of halogens is 1. The number of nitrogens with zero attached hydrogens (tertiary/aromatic N) is 3. The molecule has 2 aromatic rings. The Hall–Kier alpha value is -3.10. The fourth-order valence-corrected chi connectivity index (χ4v) is 3.92. The molecule has 4 rings (SSSR count). The Bertz CT molecular complexity index is 927. The molecule has 0 aliphatic carbocycles. The zero-order chi connectivity index (χ0) is 21.1. The van der Waals surface area contributed by atoms with Crippen LogP contribution in [-0.4, -0.2) is 66.3 Å². The summed E-state index contributed by atoms with van der Waals surface area (Å²) in [5.41, 5.74) is 1.15. The molecule has 2 aliphatic rings. The second-order valence-electron chi connectivity index (χ2n) is 7.49. The molecule has 156 valence electrons. The number of anilines is 2. The second kappa shape index (κ2) is 8.73. The summed E-state index contributed by atoms with van der Waals surface area (Å²) < 4.78 is 13.2. The van der Waals surface area contributed by atoms with Crippen molar-refractivity contribution in [2.75, 3.05) is 42.9 Å². The number of carbonyl (C=O) groups excluding carboxylic acids is 3. The third-order valence-corrected chi connectivity index (χ3v) is 5.48. The summed E-state index contributed by atoms with van der Waals surface area (Å²) in [6, 6.07) is 14.1. The van der Waals surface area contributed by atoms with Gasteiger partial charge in [-0.2, -0.15) is 0 Å². The van der Waals surface area contributed by atoms with Gasteiger partial charge in [0.25, 0.3) is 5.91 Å². The maximum absolute atomic E-state index is 13.2. The summed E-state index contributed by atoms with van der Waals surface area (Å²) in [5, 5.41) is 2.87. The molecule has 8 heteroatoms. The van der Waals surface area contributed by atoms with Crippen molar-refractivity contribution in [1.82, 2.24) is 9.80 Å². The first-order valence-electron chi connectivity index (χ1n) is 9.95. The molecule has 2 fully saturated rings. The number of amides is 3. The molecular weight excluding hydrogens is 387 g/mol. The highest BCUT2D eigenvalue weighted by atomic mass is 19.1. The highest BCUT2D eigenvalue weighted by Gasteiger charge is 2.43. The lowest BCUT2D eigenvalue weighted by Gasteiger charge is -2.36. The summed E-state index contributed by atoms with van der Waals surface area (Å²) in [5.74, 6) is -1.05. The van der Waals surface area contributed by atoms with E-state index in [1.54, 1.807) is 0 Å². The van der Waals surface area contributed by atoms with Crippen LogP contribution in [-0.2, 0) is 14.4 Å². The Kier molecular flexibility index (Phi) is 5.87. The molecule has 0 radical (unpaired) electrons. The SMILES string of the molecule is O=C(CN1CCN(C2CC(=O)N(c3ccc(F)cc3)C2=O)CC1)Nc1ccccc1. The molecule has 2 saturated heterocycles. The standard InChI is InChI=1S/C22H23FN4O3/c23-16-6-8-18(9-7-16)27-21(29)14-19(22(27)30)26-12-10-25(11-13-26)15-20(28)24-17-4-2-1-3-5-17/h1-9,19H,10-15H2,(H,24,28). The van der Waals surface area contributed by atoms with Crippen molar-refractivity contribution < 1.29 is 18.8 Å². The third-order valence-electron chi connectivity index (χ3n) is 5.48. The van der Waals surface area contributed by atoms with E-state index in [9.17, 15) is 18.8 Å². The van der Waals surface area contributed by atoms with Crippen molar-refractivity contribution in [1.29, 1.82) is 0 Å². The summed E-state index contributed by atoms with van der Waals surface area (Å²) in [4.78, 5) is 42.7. The van der Waals surface area contributed by atoms with Gasteiger partial charge >= 0.3 is 0 Å². The van der Waals surface area contributed by atoms with Crippen LogP contribution in [0.15, 0.2) is 54.6 Å². The van der Waals surface area contributed by atoms with Crippen LogP contribution in [0.2, 0.25) is 0 Å². The molecular formula is C22H23FN4O3. The number of hydrogen-bond acceptors (Lipinski definition) is 5. The number of imide groups is 1. The smallest absolute Gasteiger partial charge is 0.251 e. The summed E-state index contributed by atoms with van der Waals surface area (Å²) >= 11 is 0. The molecule has 3 amide bonds. The average Bonchev–Trinajstić information content (AvgIpc) is 3.04. The van der Waals surface area contributed by atoms with Crippen molar-refractivity contribution in [2.45, 2.75) is 12.5 Å². The van der Waals surface area contributed by atoms with Gasteiger partial charge in [0, 0.05) is 31.9 Å². The number of hydrogen-bond donors (Lipinski definition) is 1. The van der Waals surface area contributed by atoms with Gasteiger partial charge in [-0.05, 0) is 36.4 Å². The van der Waals surface area contributed by atoms with Crippen LogP contribution in [0.5, 0.6) is 0 Å². The van der Waals surface area contributed by atoms with E-state index < -0.39 is 11.9 Å². The molecule has 0 spiro atoms. The quantitative estimate of drug-likeness (QED) is 0.760. The van der Waals surface area contributed by atoms with E-state index in [-0.39, 0.29) is 30.7 Å². The van der Waals surface area contributed by atoms with Gasteiger partial charge in [-0.1, -0.05) is 18.2 Å². The van der Waals surface area contributed by atoms with Crippen LogP contribution in [0.4, 0.5) is 15.8 Å². The van der Waals surface area contributed by atoms with E-state index in [0.717, 1.165) is 10.6 Å². The number of benzene rings is 2. The van der Waals surface area contributed by atoms with Gasteiger partial charge in [-0.3, -0.25) is 24.2 Å². The van der Waals surface area contributed by atoms with E-state index >= 15 is 0 Å². The minimum absolute atomic E-state index is 0.0794. The topological polar surface area (TPSA) is 73.0 Å². The van der Waals surface area contributed by atoms with Gasteiger partial charge in [0.15, 0.2) is 0 Å². The highest BCUT2D eigenvalue weighted by Crippen LogP contribution is 2.26. The normalized spacial score (nSPS) is 20.6. The first-order chi connectivity index (χ1) is 14.5. The van der Waals surface area contributed by atoms with Gasteiger partial charge in [-0.25, -0.2) is 9.29 Å². The molecule has 1 atom stereocenters. The van der Waals surface area contributed by atoms with E-state index in [2.05, 4.69) is 5.32 Å². The van der Waals surface area contributed by atoms with Gasteiger partial charge in [0.05, 0.1) is 24.7 Å². The Morgan fingerprint density at radius 1 is 0.967 bits per heavy atom. The van der Waals surface area contributed by atoms with Crippen LogP contribution in [0, 0.1) is 5.82 Å². The van der Waals surface area contributed by atoms with E-state index in [1.165, 1.54) is 24.3 Å². The minimum atomic E-state index is -0.511. The van der Waals surface area contributed by atoms with Crippen molar-refractivity contribution in [3.8, 4) is 0 Å². The van der Waals surface area contributed by atoms with Crippen LogP contribution in [0.3, 0.4) is 0 Å². The first-order valence-corrected chi connectivity index (χ1v) is 9.95. The molecule has 30 heavy (non-hydrogen) atoms. The van der Waals surface area contributed by atoms with Gasteiger partial charge in [-0.15, -0.1) is 0 Å². The Balaban J connectivity index is 1.31. The maximum atomic E-state index is 13.2. The zero-order valence-corrected chi connectivity index (χ0v) is 16.5. The van der Waals surface area contributed by atoms with Crippen LogP contribution in [0.25, 0.3) is 0 Å². The maximum Gasteiger partial charge on any atom is 0.251 e. The van der Waals surface area contributed by atoms with Crippen molar-refractivity contribution >= 4 is 29.1 Å². The summed E-state index contributed by atoms with van der Waals surface area (Å²) in [7, 11) is 0. The predicted octanol–water partition coefficient (Wildman–Crippen LogP) is 1.71. The number of rotatable bonds is 5. The fourth-order valence-electron chi connectivity index (χ4n) is 3.92. The molecule has 2 heterocycles. The predicted molar refractivity (Wildman–Crippen MR) is 110 cm³/mol. The fraction of sp³-hybridized carbons (Fsp3) is 0.318. The van der Waals surface area contributed by atoms with Crippen molar-refractivity contribution in [2.24, 2.45) is 0 Å². The highest BCUT2D eigenvalue weighted by molar-refractivity contribution is 6.22. The minimum Gasteiger partial charge on any atom is -0.325 e. The molecule has 1 unspecified atom stereocenters. The van der Waals surface area contributed by atoms with Crippen LogP contribution in [0.1, 0.15) is 6.42 Å². The van der Waals surface area contributed by atoms with E-state index in [0.29, 0.717) is 31.9 Å². The number of nitrogens with one attached hydrogen (secondary N) is 1. The lowest BCUT2D eigenvalue weighted by atomic mass is 10.1. The third kappa shape index (κ3) is 4.39. The monoisotopic (exact) mass is 410 g/mol. The van der Waals surface area contributed by atoms with Gasteiger partial charge in [0.1, 0.15) is 5.82 Å². The Labute approximate surface area is 174 Å². The molecule has 0 saturated carbocycles. The summed E-state index contributed by atoms with van der Waals surface area (Å²) in [6.45, 7) is 2.74. The Morgan fingerprint density at radius 2 is 1.63 bits per heavy atom. The van der Waals surface area contributed by atoms with Crippen molar-refractivity contribution in [3.63, 3.8) is 0 Å². The molecule has 7 nitrogen and oxygen atoms in total. The molecule has 1 N–H and O–H groups in total. The molecule has 2 aliphatic heterocycles. The second-order valence-corrected chi connectivity index (χ2v) is 7.49. The molecule has 0 aromatic heterocycles. The first kappa shape index (κ1) is 20.2. The summed E-state index contributed by atoms with van der Waals surface area (Å²) in [6.07, 6.45) is 0.116. The largest absolute Gasteiger partial charge is 0.325 e. The van der Waals surface area contributed by atoms with Gasteiger partial charge < -0.3 is 5.32 Å². The Morgan fingerprint density at radius 3 is 2.30 bits per heavy atom. The van der Waals surface area contributed by atoms with Crippen molar-refractivity contribution in [3.05, 3.63) is 60.4 Å². The van der Waals surface area contributed by atoms with E-state index in [4.69, 9.17) is 0 Å². The van der Waals surface area contributed by atoms with Gasteiger partial charge in [0.2, 0.25) is 11.8 Å². The number of carbonyl (C=O) groups is 3. The average molecular weight is 410 g/mol. The zero-order valence-electron chi connectivity index (χ0n) is 16.5. The molecule has 2 aromatic carbocycles. The number of para-hydroxylation sites is 1. The van der Waals surface area contributed by atoms with Crippen LogP contribution >= 0.6 is 0 Å². The van der Waals surface area contributed by atoms with E-state index in [1.807, 2.05) is 40.1 Å². The van der Waals surface area contributed by atoms with Crippen LogP contribution < -0.4 is 10.2 Å².